The third-order valence-electron chi connectivity index (χ3n) is 5.47. The molecule has 11 heteroatoms. The number of halogens is 1. The van der Waals surface area contributed by atoms with Crippen LogP contribution in [0.2, 0.25) is 5.02 Å². The van der Waals surface area contributed by atoms with Gasteiger partial charge in [-0.1, -0.05) is 11.6 Å². The first-order valence-electron chi connectivity index (χ1n) is 9.39. The molecule has 4 bridgehead atoms. The van der Waals surface area contributed by atoms with Gasteiger partial charge in [0.25, 0.3) is 5.91 Å². The summed E-state index contributed by atoms with van der Waals surface area (Å²) in [6.07, 6.45) is 2.01. The number of anilines is 1. The predicted octanol–water partition coefficient (Wildman–Crippen LogP) is 2.02. The van der Waals surface area contributed by atoms with E-state index in [1.807, 2.05) is 0 Å². The van der Waals surface area contributed by atoms with Crippen LogP contribution in [0.15, 0.2) is 35.5 Å². The third kappa shape index (κ3) is 3.87. The maximum Gasteiger partial charge on any atom is 0.336 e. The highest BCUT2D eigenvalue weighted by Crippen LogP contribution is 2.40. The van der Waals surface area contributed by atoms with Crippen LogP contribution < -0.4 is 22.3 Å². The van der Waals surface area contributed by atoms with Crippen LogP contribution in [-0.4, -0.2) is 43.6 Å². The van der Waals surface area contributed by atoms with Crippen LogP contribution in [0.1, 0.15) is 23.2 Å². The number of nitrogens with zero attached hydrogens (tertiary/aromatic N) is 1. The monoisotopic (exact) mass is 453 g/mol. The van der Waals surface area contributed by atoms with Gasteiger partial charge in [-0.2, -0.15) is 0 Å². The van der Waals surface area contributed by atoms with Gasteiger partial charge in [-0.3, -0.25) is 4.79 Å². The minimum Gasteiger partial charge on any atom is -0.421 e. The first kappa shape index (κ1) is 21.0. The van der Waals surface area contributed by atoms with Crippen LogP contribution in [0.25, 0.3) is 11.2 Å². The van der Waals surface area contributed by atoms with E-state index in [1.54, 1.807) is 0 Å². The van der Waals surface area contributed by atoms with Crippen molar-refractivity contribution in [3.8, 4) is 0 Å². The van der Waals surface area contributed by atoms with Crippen LogP contribution in [0.4, 0.5) is 5.69 Å². The van der Waals surface area contributed by atoms with Crippen molar-refractivity contribution in [1.82, 2.24) is 10.2 Å². The van der Waals surface area contributed by atoms with Gasteiger partial charge in [0, 0.05) is 36.8 Å². The zero-order valence-corrected chi connectivity index (χ0v) is 17.7. The van der Waals surface area contributed by atoms with Gasteiger partial charge >= 0.3 is 11.3 Å². The highest BCUT2D eigenvalue weighted by atomic mass is 35.5. The molecular formula is C19H20ClN3O6S. The zero-order valence-electron chi connectivity index (χ0n) is 16.1. The summed E-state index contributed by atoms with van der Waals surface area (Å²) in [4.78, 5) is 40.0. The van der Waals surface area contributed by atoms with Crippen LogP contribution >= 0.6 is 23.6 Å². The van der Waals surface area contributed by atoms with Crippen molar-refractivity contribution in [1.29, 1.82) is 0 Å². The molecule has 0 radical (unpaired) electrons. The lowest BCUT2D eigenvalue weighted by Gasteiger charge is -2.44. The lowest BCUT2D eigenvalue weighted by molar-refractivity contribution is 0.0619. The number of rotatable bonds is 4. The molecule has 3 fully saturated rings. The van der Waals surface area contributed by atoms with Crippen molar-refractivity contribution in [2.45, 2.75) is 23.8 Å². The molecule has 3 aliphatic rings. The van der Waals surface area contributed by atoms with Crippen molar-refractivity contribution in [3.05, 3.63) is 43.6 Å². The van der Waals surface area contributed by atoms with Crippen LogP contribution in [0.5, 0.6) is 0 Å². The largest absolute Gasteiger partial charge is 0.421 e. The maximum absolute atomic E-state index is 13.4. The van der Waals surface area contributed by atoms with Crippen molar-refractivity contribution in [2.24, 2.45) is 5.92 Å². The minimum absolute atomic E-state index is 0.0564. The summed E-state index contributed by atoms with van der Waals surface area (Å²) < 4.78 is 15.7. The Kier molecular flexibility index (Phi) is 5.92. The molecule has 3 aliphatic heterocycles. The summed E-state index contributed by atoms with van der Waals surface area (Å²) in [6.45, 7) is 2.78. The molecule has 6 rings (SSSR count). The number of benzene rings is 1. The molecule has 0 aliphatic carbocycles. The zero-order chi connectivity index (χ0) is 21.4. The molecule has 1 unspecified atom stereocenters. The molecule has 5 heterocycles. The Hall–Kier alpha value is -2.27. The number of carbonyl (C=O) groups is 1. The Morgan fingerprint density at radius 1 is 1.23 bits per heavy atom. The summed E-state index contributed by atoms with van der Waals surface area (Å²) >= 11 is 7.08. The van der Waals surface area contributed by atoms with E-state index in [0.717, 1.165) is 56.7 Å². The summed E-state index contributed by atoms with van der Waals surface area (Å²) in [6, 6.07) is 1.74. The first-order chi connectivity index (χ1) is 14.4. The van der Waals surface area contributed by atoms with E-state index in [1.165, 1.54) is 7.11 Å². The normalized spacial score (nSPS) is 22.8. The van der Waals surface area contributed by atoms with E-state index in [-0.39, 0.29) is 38.4 Å². The Balaban J connectivity index is 1.92. The van der Waals surface area contributed by atoms with Crippen LogP contribution in [0, 0.1) is 5.92 Å². The Labute approximate surface area is 180 Å². The van der Waals surface area contributed by atoms with Gasteiger partial charge in [0.2, 0.25) is 0 Å². The summed E-state index contributed by atoms with van der Waals surface area (Å²) in [7, 11) is 1.38. The third-order valence-corrected chi connectivity index (χ3v) is 6.57. The smallest absolute Gasteiger partial charge is 0.336 e. The van der Waals surface area contributed by atoms with E-state index >= 15 is 0 Å². The van der Waals surface area contributed by atoms with E-state index in [0.29, 0.717) is 5.92 Å². The van der Waals surface area contributed by atoms with Gasteiger partial charge in [0.15, 0.2) is 11.2 Å². The predicted molar refractivity (Wildman–Crippen MR) is 113 cm³/mol. The van der Waals surface area contributed by atoms with Gasteiger partial charge in [-0.15, -0.1) is 0 Å². The fourth-order valence-corrected chi connectivity index (χ4v) is 4.89. The fourth-order valence-electron chi connectivity index (χ4n) is 4.01. The molecule has 3 N–H and O–H groups in total. The second-order valence-electron chi connectivity index (χ2n) is 7.23. The number of hydrogen-bond acceptors (Lipinski definition) is 9. The Morgan fingerprint density at radius 3 is 2.43 bits per heavy atom. The second-order valence-corrected chi connectivity index (χ2v) is 8.52. The highest BCUT2D eigenvalue weighted by Gasteiger charge is 2.36. The molecule has 3 aromatic rings. The molecule has 0 saturated carbocycles. The average Bonchev–Trinajstić information content (AvgIpc) is 2.73. The summed E-state index contributed by atoms with van der Waals surface area (Å²) in [5.74, 6) is -0.147. The molecule has 30 heavy (non-hydrogen) atoms. The number of nitrogens with two attached hydrogens (primary N) is 1. The first-order valence-corrected chi connectivity index (χ1v) is 10.5. The van der Waals surface area contributed by atoms with Gasteiger partial charge in [0.1, 0.15) is 10.6 Å². The van der Waals surface area contributed by atoms with Crippen molar-refractivity contribution in [2.75, 3.05) is 32.5 Å². The molecule has 160 valence electrons. The molecule has 1 amide bonds. The number of fused-ring (bicyclic) bond motifs is 10. The Morgan fingerprint density at radius 2 is 1.87 bits per heavy atom. The quantitative estimate of drug-likeness (QED) is 0.527. The topological polar surface area (TPSA) is 128 Å². The number of hydrogen-bond donors (Lipinski definition) is 2. The van der Waals surface area contributed by atoms with Gasteiger partial charge in [-0.05, 0) is 31.8 Å². The highest BCUT2D eigenvalue weighted by molar-refractivity contribution is 7.95. The van der Waals surface area contributed by atoms with Crippen molar-refractivity contribution in [3.63, 3.8) is 0 Å². The van der Waals surface area contributed by atoms with E-state index < -0.39 is 17.2 Å². The lowest BCUT2D eigenvalue weighted by atomic mass is 9.84. The van der Waals surface area contributed by atoms with Gasteiger partial charge in [0.05, 0.1) is 17.7 Å². The molecule has 9 nitrogen and oxygen atoms in total. The molecule has 1 atom stereocenters. The van der Waals surface area contributed by atoms with E-state index in [2.05, 4.69) is 10.2 Å². The number of piperidine rings is 3. The van der Waals surface area contributed by atoms with Gasteiger partial charge in [-0.25, -0.2) is 9.59 Å². The summed E-state index contributed by atoms with van der Waals surface area (Å²) in [5, 5.41) is 2.83. The Bertz CT molecular complexity index is 1140. The van der Waals surface area contributed by atoms with Crippen LogP contribution in [0.3, 0.4) is 0 Å². The molecular weight excluding hydrogens is 434 g/mol. The van der Waals surface area contributed by atoms with Gasteiger partial charge < -0.3 is 29.0 Å². The molecule has 3 saturated heterocycles. The van der Waals surface area contributed by atoms with Crippen molar-refractivity contribution >= 4 is 46.4 Å². The fraction of sp³-hybridized carbons (Fsp3) is 0.421. The maximum atomic E-state index is 13.4. The number of nitrogens with one attached hydrogen (secondary N) is 1. The van der Waals surface area contributed by atoms with E-state index in [9.17, 15) is 14.4 Å². The molecule has 0 spiro atoms. The minimum atomic E-state index is -0.895. The molecule has 1 aromatic carbocycles. The molecule has 2 aromatic heterocycles. The van der Waals surface area contributed by atoms with Crippen molar-refractivity contribution < 1.29 is 17.8 Å². The SMILES string of the molecule is COSc1c(C(=O)NC2CN3CCC2CC3)c2oc(=O)ccc(=O)oc1c(N)c2Cl. The average molecular weight is 454 g/mol. The van der Waals surface area contributed by atoms with Crippen LogP contribution in [-0.2, 0) is 4.18 Å². The number of amides is 1. The summed E-state index contributed by atoms with van der Waals surface area (Å²) in [5.41, 5.74) is 3.74. The lowest BCUT2D eigenvalue weighted by Crippen LogP contribution is -2.57. The van der Waals surface area contributed by atoms with E-state index in [4.69, 9.17) is 30.4 Å². The second kappa shape index (κ2) is 8.46. The number of carbonyl (C=O) groups excluding carboxylic acids is 1. The number of nitrogen functional groups attached to an aromatic ring is 1. The standard InChI is InChI=1S/C19H20ClN3O6S/c1-27-30-18-13(19(26)22-10-8-23-6-4-9(10)5-7-23)16-14(20)15(21)17(18)29-12(25)3-2-11(24)28-16/h2-3,9-10H,4-8,21H2,1H3,(H,22,26).